The number of nitrogens with two attached hydrogens (primary N) is 1. The first kappa shape index (κ1) is 33.0. The highest BCUT2D eigenvalue weighted by Crippen LogP contribution is 2.48. The molecule has 2 aliphatic rings. The van der Waals surface area contributed by atoms with Crippen LogP contribution in [0.4, 0.5) is 5.95 Å². The molecule has 0 aliphatic carbocycles. The van der Waals surface area contributed by atoms with Gasteiger partial charge in [-0.05, 0) is 38.1 Å². The number of hydrogen-bond acceptors (Lipinski definition) is 15. The number of aromatic nitrogens is 5. The summed E-state index contributed by atoms with van der Waals surface area (Å²) in [5.74, 6) is -0.481. The number of esters is 1. The van der Waals surface area contributed by atoms with Crippen molar-refractivity contribution in [2.75, 3.05) is 32.7 Å². The molecule has 0 spiro atoms. The van der Waals surface area contributed by atoms with E-state index in [0.29, 0.717) is 37.0 Å². The quantitative estimate of drug-likeness (QED) is 0.132. The third kappa shape index (κ3) is 6.73. The van der Waals surface area contributed by atoms with Gasteiger partial charge in [-0.1, -0.05) is 6.07 Å². The number of carbonyl (C=O) groups is 1. The summed E-state index contributed by atoms with van der Waals surface area (Å²) in [5, 5.41) is 25.8. The van der Waals surface area contributed by atoms with Gasteiger partial charge in [0, 0.05) is 24.4 Å². The molecule has 18 heteroatoms. The molecule has 2 fully saturated rings. The van der Waals surface area contributed by atoms with E-state index >= 15 is 0 Å². The van der Waals surface area contributed by atoms with E-state index in [0.717, 1.165) is 0 Å². The number of pyridine rings is 1. The summed E-state index contributed by atoms with van der Waals surface area (Å²) in [5.41, 5.74) is 4.95. The summed E-state index contributed by atoms with van der Waals surface area (Å²) < 4.78 is 49.8. The highest BCUT2D eigenvalue weighted by Gasteiger charge is 2.54. The molecule has 3 aromatic heterocycles. The Morgan fingerprint density at radius 2 is 2.02 bits per heavy atom. The molecule has 2 unspecified atom stereocenters. The van der Waals surface area contributed by atoms with Crippen LogP contribution in [-0.2, 0) is 28.1 Å². The second-order valence-electron chi connectivity index (χ2n) is 11.4. The molecular weight excluding hydrogens is 637 g/mol. The fourth-order valence-corrected chi connectivity index (χ4v) is 7.02. The molecule has 4 aromatic rings. The number of nitrogens with one attached hydrogen (secondary N) is 1. The molecule has 6 atom stereocenters. The molecule has 0 bridgehead atoms. The van der Waals surface area contributed by atoms with Crippen molar-refractivity contribution >= 4 is 41.7 Å². The van der Waals surface area contributed by atoms with Crippen LogP contribution in [0.25, 0.3) is 22.1 Å². The molecule has 17 nitrogen and oxygen atoms in total. The van der Waals surface area contributed by atoms with Gasteiger partial charge in [-0.25, -0.2) is 9.55 Å². The third-order valence-electron chi connectivity index (χ3n) is 8.00. The number of benzene rings is 1. The Hall–Kier alpha value is -3.96. The van der Waals surface area contributed by atoms with Crippen LogP contribution in [0.5, 0.6) is 11.6 Å². The highest BCUT2D eigenvalue weighted by molar-refractivity contribution is 7.52. The van der Waals surface area contributed by atoms with Crippen LogP contribution in [0.3, 0.4) is 0 Å². The standard InChI is InChI=1S/C29H36N7O10P/c1-16(26(38)44-17-9-12-42-13-10-17)35-47(40,46-20-8-4-7-19-18(20)6-5-11-31-19)43-14-21-23(37)29(2,39)27(45-21)36-15-32-22-24(36)33-28(30)34-25(22)41-3/h4-8,11,15-17,21,23,27,37,39H,9-10,12-14H2,1-3H3,(H,35,40)(H2,30,33,34)/t16-,21+,23+,27?,29+,47?/m0/s1. The van der Waals surface area contributed by atoms with E-state index in [9.17, 15) is 19.6 Å². The number of nitrogens with zero attached hydrogens (tertiary/aromatic N) is 5. The number of fused-ring (bicyclic) bond motifs is 2. The number of nitrogen functional groups attached to an aromatic ring is 1. The minimum Gasteiger partial charge on any atom is -0.479 e. The second-order valence-corrected chi connectivity index (χ2v) is 13.1. The van der Waals surface area contributed by atoms with E-state index in [1.165, 1.54) is 31.9 Å². The van der Waals surface area contributed by atoms with Gasteiger partial charge in [-0.15, -0.1) is 0 Å². The summed E-state index contributed by atoms with van der Waals surface area (Å²) in [4.78, 5) is 29.8. The topological polar surface area (TPSA) is 225 Å². The Labute approximate surface area is 268 Å². The normalized spacial score (nSPS) is 25.4. The number of imidazole rings is 1. The molecular formula is C29H36N7O10P. The molecule has 6 rings (SSSR count). The van der Waals surface area contributed by atoms with Crippen LogP contribution in [-0.4, -0.2) is 97.6 Å². The zero-order valence-electron chi connectivity index (χ0n) is 25.9. The fourth-order valence-electron chi connectivity index (χ4n) is 5.49. The van der Waals surface area contributed by atoms with E-state index < -0.39 is 50.4 Å². The second kappa shape index (κ2) is 13.3. The number of methoxy groups -OCH3 is 1. The smallest absolute Gasteiger partial charge is 0.459 e. The summed E-state index contributed by atoms with van der Waals surface area (Å²) in [6.45, 7) is 3.24. The predicted octanol–water partition coefficient (Wildman–Crippen LogP) is 1.88. The molecule has 5 N–H and O–H groups in total. The van der Waals surface area contributed by atoms with Crippen molar-refractivity contribution in [3.05, 3.63) is 42.9 Å². The van der Waals surface area contributed by atoms with Crippen molar-refractivity contribution in [1.82, 2.24) is 29.6 Å². The first-order valence-corrected chi connectivity index (χ1v) is 16.5. The Morgan fingerprint density at radius 1 is 1.23 bits per heavy atom. The van der Waals surface area contributed by atoms with Crippen molar-refractivity contribution in [3.8, 4) is 11.6 Å². The van der Waals surface area contributed by atoms with Crippen molar-refractivity contribution in [1.29, 1.82) is 0 Å². The van der Waals surface area contributed by atoms with Crippen molar-refractivity contribution in [3.63, 3.8) is 0 Å². The van der Waals surface area contributed by atoms with Crippen LogP contribution < -0.4 is 20.1 Å². The van der Waals surface area contributed by atoms with Crippen LogP contribution >= 0.6 is 7.75 Å². The minimum atomic E-state index is -4.41. The van der Waals surface area contributed by atoms with Gasteiger partial charge in [-0.2, -0.15) is 15.1 Å². The van der Waals surface area contributed by atoms with Crippen LogP contribution in [0.15, 0.2) is 42.9 Å². The van der Waals surface area contributed by atoms with Gasteiger partial charge in [0.25, 0.3) is 0 Å². The first-order chi connectivity index (χ1) is 22.5. The zero-order chi connectivity index (χ0) is 33.3. The molecule has 47 heavy (non-hydrogen) atoms. The molecule has 0 saturated carbocycles. The van der Waals surface area contributed by atoms with E-state index in [4.69, 9.17) is 33.7 Å². The lowest BCUT2D eigenvalue weighted by atomic mass is 9.96. The maximum atomic E-state index is 14.4. The van der Waals surface area contributed by atoms with Crippen LogP contribution in [0.2, 0.25) is 0 Å². The Kier molecular flexibility index (Phi) is 9.31. The number of hydrogen-bond donors (Lipinski definition) is 4. The predicted molar refractivity (Wildman–Crippen MR) is 165 cm³/mol. The van der Waals surface area contributed by atoms with Gasteiger partial charge >= 0.3 is 13.7 Å². The maximum absolute atomic E-state index is 14.4. The van der Waals surface area contributed by atoms with Crippen molar-refractivity contribution in [2.45, 2.75) is 62.9 Å². The first-order valence-electron chi connectivity index (χ1n) is 14.9. The molecule has 2 aliphatic heterocycles. The Bertz CT molecular complexity index is 1790. The molecule has 0 radical (unpaired) electrons. The molecule has 252 valence electrons. The number of anilines is 1. The number of rotatable bonds is 11. The Morgan fingerprint density at radius 3 is 2.79 bits per heavy atom. The van der Waals surface area contributed by atoms with E-state index in [1.807, 2.05) is 0 Å². The van der Waals surface area contributed by atoms with Gasteiger partial charge < -0.3 is 39.4 Å². The summed E-state index contributed by atoms with van der Waals surface area (Å²) >= 11 is 0. The average Bonchev–Trinajstić information content (AvgIpc) is 3.57. The van der Waals surface area contributed by atoms with Gasteiger partial charge in [0.2, 0.25) is 11.8 Å². The molecule has 1 aromatic carbocycles. The number of aliphatic hydroxyl groups is 2. The summed E-state index contributed by atoms with van der Waals surface area (Å²) in [6.07, 6.45) is -0.318. The van der Waals surface area contributed by atoms with E-state index in [2.05, 4.69) is 25.0 Å². The lowest BCUT2D eigenvalue weighted by Crippen LogP contribution is -2.44. The Balaban J connectivity index is 1.24. The lowest BCUT2D eigenvalue weighted by molar-refractivity contribution is -0.154. The van der Waals surface area contributed by atoms with Crippen molar-refractivity contribution in [2.24, 2.45) is 0 Å². The molecule has 0 amide bonds. The number of carbonyl (C=O) groups excluding carboxylic acids is 1. The van der Waals surface area contributed by atoms with Gasteiger partial charge in [0.15, 0.2) is 17.4 Å². The van der Waals surface area contributed by atoms with Crippen LogP contribution in [0, 0.1) is 0 Å². The van der Waals surface area contributed by atoms with Gasteiger partial charge in [0.1, 0.15) is 35.7 Å². The van der Waals surface area contributed by atoms with Crippen molar-refractivity contribution < 1.29 is 47.6 Å². The van der Waals surface area contributed by atoms with E-state index in [1.54, 1.807) is 36.5 Å². The highest BCUT2D eigenvalue weighted by atomic mass is 31.2. The third-order valence-corrected chi connectivity index (χ3v) is 9.63. The largest absolute Gasteiger partial charge is 0.479 e. The SMILES string of the molecule is COc1nc(N)nc2c1ncn2C1O[C@H](COP(=O)(N[C@@H](C)C(=O)OC2CCOCC2)Oc2cccc3ncccc23)[C@@H](O)[C@@]1(C)O. The summed E-state index contributed by atoms with van der Waals surface area (Å²) in [6, 6.07) is 7.32. The van der Waals surface area contributed by atoms with Gasteiger partial charge in [0.05, 0.1) is 38.8 Å². The monoisotopic (exact) mass is 673 g/mol. The number of aliphatic hydroxyl groups excluding tert-OH is 1. The minimum absolute atomic E-state index is 0.105. The zero-order valence-corrected chi connectivity index (χ0v) is 26.8. The molecule has 5 heterocycles. The van der Waals surface area contributed by atoms with E-state index in [-0.39, 0.29) is 34.8 Å². The fraction of sp³-hybridized carbons (Fsp3) is 0.483. The molecule has 2 saturated heterocycles. The summed E-state index contributed by atoms with van der Waals surface area (Å²) in [7, 11) is -3.02. The van der Waals surface area contributed by atoms with Crippen LogP contribution in [0.1, 0.15) is 32.9 Å². The lowest BCUT2D eigenvalue weighted by Gasteiger charge is -2.28. The maximum Gasteiger partial charge on any atom is 0.459 e. The average molecular weight is 674 g/mol. The number of ether oxygens (including phenoxy) is 4. The van der Waals surface area contributed by atoms with Gasteiger partial charge in [-0.3, -0.25) is 18.9 Å².